The Bertz CT molecular complexity index is 943. The Morgan fingerprint density at radius 1 is 1.33 bits per heavy atom. The molecule has 1 aliphatic heterocycles. The van der Waals surface area contributed by atoms with Crippen molar-refractivity contribution in [1.29, 1.82) is 0 Å². The van der Waals surface area contributed by atoms with Gasteiger partial charge in [-0.2, -0.15) is 5.10 Å². The number of nitrogens with zero attached hydrogens (tertiary/aromatic N) is 4. The molecule has 2 atom stereocenters. The van der Waals surface area contributed by atoms with E-state index in [9.17, 15) is 4.79 Å². The predicted octanol–water partition coefficient (Wildman–Crippen LogP) is 3.06. The molecule has 1 amide bonds. The number of hydrogen-bond acceptors (Lipinski definition) is 3. The summed E-state index contributed by atoms with van der Waals surface area (Å²) in [4.78, 5) is 20.4. The molecule has 1 aromatic carbocycles. The summed E-state index contributed by atoms with van der Waals surface area (Å²) in [5.41, 5.74) is 3.03. The van der Waals surface area contributed by atoms with Crippen molar-refractivity contribution in [3.8, 4) is 0 Å². The number of H-pyrrole nitrogens is 1. The minimum absolute atomic E-state index is 0.0799. The normalized spacial score (nSPS) is 20.9. The van der Waals surface area contributed by atoms with Crippen LogP contribution in [0.3, 0.4) is 0 Å². The highest BCUT2D eigenvalue weighted by atomic mass is 16.2. The van der Waals surface area contributed by atoms with Crippen molar-refractivity contribution in [2.24, 2.45) is 13.0 Å². The summed E-state index contributed by atoms with van der Waals surface area (Å²) in [5.74, 6) is 0.481. The van der Waals surface area contributed by atoms with E-state index in [2.05, 4.69) is 28.2 Å². The van der Waals surface area contributed by atoms with Crippen LogP contribution in [-0.2, 0) is 7.05 Å². The van der Waals surface area contributed by atoms with Gasteiger partial charge in [0.15, 0.2) is 0 Å². The highest BCUT2D eigenvalue weighted by Crippen LogP contribution is 2.35. The summed E-state index contributed by atoms with van der Waals surface area (Å²) in [5, 5.41) is 5.42. The Kier molecular flexibility index (Phi) is 4.74. The van der Waals surface area contributed by atoms with Crippen LogP contribution in [0.2, 0.25) is 0 Å². The number of amides is 1. The van der Waals surface area contributed by atoms with Gasteiger partial charge in [0.25, 0.3) is 5.91 Å². The molecular weight excluding hydrogens is 338 g/mol. The molecule has 1 aliphatic rings. The zero-order valence-corrected chi connectivity index (χ0v) is 16.2. The van der Waals surface area contributed by atoms with Gasteiger partial charge in [-0.25, -0.2) is 0 Å². The zero-order valence-electron chi connectivity index (χ0n) is 16.2. The first-order valence-electron chi connectivity index (χ1n) is 9.54. The number of fused-ring (bicyclic) bond motifs is 1. The van der Waals surface area contributed by atoms with E-state index in [0.717, 1.165) is 42.4 Å². The fourth-order valence-electron chi connectivity index (χ4n) is 4.41. The van der Waals surface area contributed by atoms with E-state index in [4.69, 9.17) is 0 Å². The third-order valence-electron chi connectivity index (χ3n) is 5.73. The van der Waals surface area contributed by atoms with Crippen molar-refractivity contribution >= 4 is 16.8 Å². The molecule has 0 aliphatic carbocycles. The number of carbonyl (C=O) groups is 1. The van der Waals surface area contributed by atoms with Crippen LogP contribution in [0.1, 0.15) is 34.8 Å². The molecule has 1 N–H and O–H groups in total. The molecule has 3 heterocycles. The summed E-state index contributed by atoms with van der Waals surface area (Å²) in [6.07, 6.45) is 8.24. The number of nitrogens with one attached hydrogen (secondary N) is 1. The number of aromatic amines is 1. The van der Waals surface area contributed by atoms with Crippen LogP contribution < -0.4 is 0 Å². The number of piperidine rings is 1. The monoisotopic (exact) mass is 365 g/mol. The standard InChI is InChI=1S/C21H27N5O/c1-24-10-4-5-17(20(24)18-12-23-26(3)14-18)13-25(2)21(27)16-6-7-19-15(11-16)8-9-22-19/h6-9,11-12,14,17,20,22H,4-5,10,13H2,1-3H3/t17-,20+/m0/s1. The van der Waals surface area contributed by atoms with Gasteiger partial charge in [-0.3, -0.25) is 14.4 Å². The second kappa shape index (κ2) is 7.19. The van der Waals surface area contributed by atoms with E-state index >= 15 is 0 Å². The minimum atomic E-state index is 0.0799. The summed E-state index contributed by atoms with van der Waals surface area (Å²) < 4.78 is 1.86. The topological polar surface area (TPSA) is 57.2 Å². The average Bonchev–Trinajstić information content (AvgIpc) is 3.29. The van der Waals surface area contributed by atoms with Crippen LogP contribution in [0.5, 0.6) is 0 Å². The van der Waals surface area contributed by atoms with Crippen molar-refractivity contribution in [3.05, 3.63) is 54.0 Å². The molecule has 0 spiro atoms. The van der Waals surface area contributed by atoms with Gasteiger partial charge in [-0.15, -0.1) is 0 Å². The molecule has 0 radical (unpaired) electrons. The van der Waals surface area contributed by atoms with Gasteiger partial charge in [0.05, 0.1) is 6.20 Å². The molecule has 3 aromatic rings. The van der Waals surface area contributed by atoms with Crippen LogP contribution in [0.4, 0.5) is 0 Å². The Morgan fingerprint density at radius 2 is 2.19 bits per heavy atom. The molecule has 4 rings (SSSR count). The van der Waals surface area contributed by atoms with Crippen LogP contribution >= 0.6 is 0 Å². The van der Waals surface area contributed by atoms with Gasteiger partial charge in [0.1, 0.15) is 0 Å². The Morgan fingerprint density at radius 3 is 2.96 bits per heavy atom. The molecule has 0 unspecified atom stereocenters. The van der Waals surface area contributed by atoms with Crippen molar-refractivity contribution in [1.82, 2.24) is 24.6 Å². The van der Waals surface area contributed by atoms with Gasteiger partial charge < -0.3 is 9.88 Å². The smallest absolute Gasteiger partial charge is 0.253 e. The second-order valence-electron chi connectivity index (χ2n) is 7.74. The lowest BCUT2D eigenvalue weighted by molar-refractivity contribution is 0.0645. The van der Waals surface area contributed by atoms with Crippen molar-refractivity contribution in [3.63, 3.8) is 0 Å². The van der Waals surface area contributed by atoms with E-state index in [-0.39, 0.29) is 5.91 Å². The molecule has 1 saturated heterocycles. The number of rotatable bonds is 4. The van der Waals surface area contributed by atoms with E-state index in [1.807, 2.05) is 60.3 Å². The maximum atomic E-state index is 13.0. The summed E-state index contributed by atoms with van der Waals surface area (Å²) >= 11 is 0. The van der Waals surface area contributed by atoms with Gasteiger partial charge >= 0.3 is 0 Å². The van der Waals surface area contributed by atoms with Crippen molar-refractivity contribution < 1.29 is 4.79 Å². The van der Waals surface area contributed by atoms with E-state index in [0.29, 0.717) is 12.0 Å². The molecular formula is C21H27N5O. The molecule has 6 heteroatoms. The quantitative estimate of drug-likeness (QED) is 0.773. The van der Waals surface area contributed by atoms with Crippen molar-refractivity contribution in [2.45, 2.75) is 18.9 Å². The SMILES string of the molecule is CN(C[C@@H]1CCCN(C)[C@H]1c1cnn(C)c1)C(=O)c1ccc2[nH]ccc2c1. The third kappa shape index (κ3) is 3.49. The molecule has 2 aromatic heterocycles. The summed E-state index contributed by atoms with van der Waals surface area (Å²) in [7, 11) is 6.04. The highest BCUT2D eigenvalue weighted by Gasteiger charge is 2.33. The molecule has 6 nitrogen and oxygen atoms in total. The largest absolute Gasteiger partial charge is 0.361 e. The Hall–Kier alpha value is -2.60. The lowest BCUT2D eigenvalue weighted by Crippen LogP contribution is -2.42. The number of likely N-dealkylation sites (tertiary alicyclic amines) is 1. The molecule has 142 valence electrons. The fourth-order valence-corrected chi connectivity index (χ4v) is 4.41. The van der Waals surface area contributed by atoms with Gasteiger partial charge in [0, 0.05) is 61.1 Å². The number of aryl methyl sites for hydroxylation is 1. The predicted molar refractivity (Wildman–Crippen MR) is 107 cm³/mol. The Labute approximate surface area is 159 Å². The molecule has 0 bridgehead atoms. The van der Waals surface area contributed by atoms with E-state index in [1.165, 1.54) is 5.56 Å². The second-order valence-corrected chi connectivity index (χ2v) is 7.74. The van der Waals surface area contributed by atoms with Crippen LogP contribution in [0.25, 0.3) is 10.9 Å². The van der Waals surface area contributed by atoms with E-state index < -0.39 is 0 Å². The van der Waals surface area contributed by atoms with E-state index in [1.54, 1.807) is 0 Å². The first kappa shape index (κ1) is 17.8. The molecule has 27 heavy (non-hydrogen) atoms. The first-order chi connectivity index (χ1) is 13.0. The van der Waals surface area contributed by atoms with Crippen molar-refractivity contribution in [2.75, 3.05) is 27.2 Å². The lowest BCUT2D eigenvalue weighted by Gasteiger charge is -2.40. The first-order valence-corrected chi connectivity index (χ1v) is 9.54. The van der Waals surface area contributed by atoms with Gasteiger partial charge in [-0.1, -0.05) is 0 Å². The third-order valence-corrected chi connectivity index (χ3v) is 5.73. The fraction of sp³-hybridized carbons (Fsp3) is 0.429. The lowest BCUT2D eigenvalue weighted by atomic mass is 9.85. The maximum Gasteiger partial charge on any atom is 0.253 e. The minimum Gasteiger partial charge on any atom is -0.361 e. The van der Waals surface area contributed by atoms with Crippen LogP contribution in [0, 0.1) is 5.92 Å². The summed E-state index contributed by atoms with van der Waals surface area (Å²) in [6, 6.07) is 8.15. The van der Waals surface area contributed by atoms with Crippen LogP contribution in [-0.4, -0.2) is 57.7 Å². The number of aromatic nitrogens is 3. The number of carbonyl (C=O) groups excluding carboxylic acids is 1. The van der Waals surface area contributed by atoms with Gasteiger partial charge in [0.2, 0.25) is 0 Å². The molecule has 0 saturated carbocycles. The van der Waals surface area contributed by atoms with Gasteiger partial charge in [-0.05, 0) is 56.6 Å². The number of benzene rings is 1. The maximum absolute atomic E-state index is 13.0. The number of hydrogen-bond donors (Lipinski definition) is 1. The zero-order chi connectivity index (χ0) is 19.0. The van der Waals surface area contributed by atoms with Crippen LogP contribution in [0.15, 0.2) is 42.9 Å². The highest BCUT2D eigenvalue weighted by molar-refractivity contribution is 5.97. The average molecular weight is 365 g/mol. The Balaban J connectivity index is 1.52. The summed E-state index contributed by atoms with van der Waals surface area (Å²) in [6.45, 7) is 1.83. The molecule has 1 fully saturated rings.